The van der Waals surface area contributed by atoms with Crippen molar-refractivity contribution < 1.29 is 0 Å². The predicted molar refractivity (Wildman–Crippen MR) is 145 cm³/mol. The fraction of sp³-hybridized carbons (Fsp3) is 0.125. The molecule has 0 nitrogen and oxygen atoms in total. The van der Waals surface area contributed by atoms with Gasteiger partial charge in [-0.25, -0.2) is 0 Å². The monoisotopic (exact) mass is 470 g/mol. The van der Waals surface area contributed by atoms with Crippen LogP contribution in [0.2, 0.25) is 0 Å². The summed E-state index contributed by atoms with van der Waals surface area (Å²) in [5.41, 5.74) is 11.2. The van der Waals surface area contributed by atoms with Gasteiger partial charge in [0.15, 0.2) is 0 Å². The zero-order chi connectivity index (χ0) is 22.5. The molecule has 0 spiro atoms. The van der Waals surface area contributed by atoms with Gasteiger partial charge in [0.25, 0.3) is 0 Å². The second-order valence-electron chi connectivity index (χ2n) is 9.74. The molecule has 0 heterocycles. The van der Waals surface area contributed by atoms with Crippen molar-refractivity contribution in [1.29, 1.82) is 0 Å². The lowest BCUT2D eigenvalue weighted by Gasteiger charge is -2.51. The van der Waals surface area contributed by atoms with Gasteiger partial charge in [-0.05, 0) is 44.5 Å². The fourth-order valence-corrected chi connectivity index (χ4v) is 9.07. The lowest BCUT2D eigenvalue weighted by atomic mass is 9.67. The van der Waals surface area contributed by atoms with Crippen LogP contribution < -0.4 is 0 Å². The molecule has 0 saturated carbocycles. The topological polar surface area (TPSA) is 0 Å². The van der Waals surface area contributed by atoms with E-state index in [1.807, 2.05) is 11.8 Å². The van der Waals surface area contributed by atoms with E-state index in [2.05, 4.69) is 115 Å². The lowest BCUT2D eigenvalue weighted by Crippen LogP contribution is -2.39. The fourth-order valence-electron chi connectivity index (χ4n) is 6.79. The first-order valence-corrected chi connectivity index (χ1v) is 13.2. The van der Waals surface area contributed by atoms with Crippen LogP contribution in [0, 0.1) is 0 Å². The number of benzene rings is 4. The molecule has 34 heavy (non-hydrogen) atoms. The molecule has 2 heteroatoms. The maximum atomic E-state index is 5.56. The van der Waals surface area contributed by atoms with Crippen LogP contribution in [0.5, 0.6) is 0 Å². The number of allylic oxidation sites excluding steroid dienone is 2. The van der Waals surface area contributed by atoms with Gasteiger partial charge in [0.1, 0.15) is 0 Å². The van der Waals surface area contributed by atoms with Crippen molar-refractivity contribution in [2.75, 3.05) is 0 Å². The summed E-state index contributed by atoms with van der Waals surface area (Å²) >= 11 is 7.56. The zero-order valence-electron chi connectivity index (χ0n) is 18.5. The van der Waals surface area contributed by atoms with Crippen molar-refractivity contribution >= 4 is 24.4 Å². The first kappa shape index (κ1) is 19.4. The second kappa shape index (κ2) is 6.59. The summed E-state index contributed by atoms with van der Waals surface area (Å²) in [7, 11) is 0. The molecule has 0 aromatic heterocycles. The molecule has 0 aliphatic heterocycles. The molecule has 0 radical (unpaired) electrons. The summed E-state index contributed by atoms with van der Waals surface area (Å²) in [6.07, 6.45) is 7.38. The summed E-state index contributed by atoms with van der Waals surface area (Å²) in [5.74, 6) is 0.618. The Morgan fingerprint density at radius 2 is 1.00 bits per heavy atom. The molecule has 0 fully saturated rings. The van der Waals surface area contributed by atoms with Gasteiger partial charge in [-0.2, -0.15) is 12.6 Å². The highest BCUT2D eigenvalue weighted by atomic mass is 32.2. The highest BCUT2D eigenvalue weighted by Crippen LogP contribution is 2.66. The Bertz CT molecular complexity index is 1480. The molecule has 6 aliphatic rings. The van der Waals surface area contributed by atoms with Crippen molar-refractivity contribution in [1.82, 2.24) is 0 Å². The number of hydrogen-bond donors (Lipinski definition) is 1. The van der Waals surface area contributed by atoms with Crippen molar-refractivity contribution in [2.24, 2.45) is 0 Å². The number of hydrogen-bond acceptors (Lipinski definition) is 2. The molecule has 4 bridgehead atoms. The average molecular weight is 471 g/mol. The van der Waals surface area contributed by atoms with E-state index >= 15 is 0 Å². The van der Waals surface area contributed by atoms with Crippen LogP contribution in [0.3, 0.4) is 0 Å². The zero-order valence-corrected chi connectivity index (χ0v) is 20.2. The first-order chi connectivity index (χ1) is 16.7. The molecule has 6 aliphatic carbocycles. The number of thiol groups is 1. The molecule has 0 amide bonds. The molecule has 0 unspecified atom stereocenters. The van der Waals surface area contributed by atoms with Gasteiger partial charge >= 0.3 is 0 Å². The lowest BCUT2D eigenvalue weighted by molar-refractivity contribution is 0.746. The van der Waals surface area contributed by atoms with Gasteiger partial charge in [0, 0.05) is 16.7 Å². The largest absolute Gasteiger partial charge is 0.158 e. The third-order valence-corrected chi connectivity index (χ3v) is 10.7. The second-order valence-corrected chi connectivity index (χ2v) is 11.7. The van der Waals surface area contributed by atoms with E-state index in [-0.39, 0.29) is 10.7 Å². The normalized spacial score (nSPS) is 28.6. The molecule has 4 aromatic rings. The van der Waals surface area contributed by atoms with E-state index in [0.29, 0.717) is 5.92 Å². The van der Waals surface area contributed by atoms with Crippen LogP contribution in [0.4, 0.5) is 0 Å². The summed E-state index contributed by atoms with van der Waals surface area (Å²) in [5, 5.41) is 0. The van der Waals surface area contributed by atoms with E-state index in [1.165, 1.54) is 49.4 Å². The van der Waals surface area contributed by atoms with Crippen molar-refractivity contribution in [3.8, 4) is 0 Å². The highest BCUT2D eigenvalue weighted by Gasteiger charge is 2.53. The minimum Gasteiger partial charge on any atom is -0.158 e. The van der Waals surface area contributed by atoms with Crippen molar-refractivity contribution in [2.45, 2.75) is 21.3 Å². The Hall–Kier alpha value is -2.94. The van der Waals surface area contributed by atoms with E-state index in [1.54, 1.807) is 0 Å². The van der Waals surface area contributed by atoms with Crippen LogP contribution in [-0.2, 0) is 9.49 Å². The Kier molecular flexibility index (Phi) is 3.76. The van der Waals surface area contributed by atoms with Crippen LogP contribution in [0.25, 0.3) is 0 Å². The number of rotatable bonds is 2. The van der Waals surface area contributed by atoms with E-state index < -0.39 is 4.75 Å². The van der Waals surface area contributed by atoms with E-state index in [9.17, 15) is 0 Å². The Morgan fingerprint density at radius 3 is 1.53 bits per heavy atom. The maximum Gasteiger partial charge on any atom is 0.0940 e. The van der Waals surface area contributed by atoms with Gasteiger partial charge in [-0.3, -0.25) is 0 Å². The molecular weight excluding hydrogens is 448 g/mol. The molecule has 0 saturated heterocycles. The first-order valence-electron chi connectivity index (χ1n) is 11.9. The molecule has 162 valence electrons. The minimum absolute atomic E-state index is 0.245. The standard InChI is InChI=1S/C32H22S2/c33-32-28-15-7-3-11-23(28)25(24-12-4-8-16-29(24)32)19-30(32)34-31-18-17-20(21-9-1-5-13-26(21)31)22-10-2-6-14-27(22)31/h1-20,25,33H. The van der Waals surface area contributed by atoms with E-state index in [4.69, 9.17) is 12.6 Å². The summed E-state index contributed by atoms with van der Waals surface area (Å²) < 4.78 is -0.696. The van der Waals surface area contributed by atoms with Crippen LogP contribution in [0.1, 0.15) is 56.3 Å². The van der Waals surface area contributed by atoms with Gasteiger partial charge in [-0.1, -0.05) is 115 Å². The summed E-state index contributed by atoms with van der Waals surface area (Å²) in [4.78, 5) is 1.34. The Balaban J connectivity index is 1.38. The SMILES string of the molecule is SC12C(SC34C=CC(c5ccccc53)c3ccccc34)=CC(c3ccccc31)c1ccccc12. The quantitative estimate of drug-likeness (QED) is 0.229. The van der Waals surface area contributed by atoms with Gasteiger partial charge < -0.3 is 0 Å². The van der Waals surface area contributed by atoms with Gasteiger partial charge in [0.05, 0.1) is 9.49 Å². The third-order valence-electron chi connectivity index (χ3n) is 8.23. The van der Waals surface area contributed by atoms with Crippen molar-refractivity contribution in [3.05, 3.63) is 165 Å². The van der Waals surface area contributed by atoms with Crippen LogP contribution >= 0.6 is 24.4 Å². The Labute approximate surface area is 209 Å². The summed E-state index contributed by atoms with van der Waals surface area (Å²) in [6, 6.07) is 35.9. The van der Waals surface area contributed by atoms with Gasteiger partial charge in [0.2, 0.25) is 0 Å². The van der Waals surface area contributed by atoms with Crippen LogP contribution in [-0.4, -0.2) is 0 Å². The third kappa shape index (κ3) is 2.20. The number of thioether (sulfide) groups is 1. The molecule has 4 aromatic carbocycles. The molecule has 0 N–H and O–H groups in total. The Morgan fingerprint density at radius 1 is 0.559 bits per heavy atom. The van der Waals surface area contributed by atoms with E-state index in [0.717, 1.165) is 0 Å². The van der Waals surface area contributed by atoms with Crippen molar-refractivity contribution in [3.63, 3.8) is 0 Å². The molecular formula is C32H22S2. The minimum atomic E-state index is -0.451. The van der Waals surface area contributed by atoms with Crippen LogP contribution in [0.15, 0.2) is 120 Å². The predicted octanol–water partition coefficient (Wildman–Crippen LogP) is 7.89. The smallest absolute Gasteiger partial charge is 0.0940 e. The summed E-state index contributed by atoms with van der Waals surface area (Å²) in [6.45, 7) is 0. The molecule has 10 rings (SSSR count). The average Bonchev–Trinajstić information content (AvgIpc) is 2.91. The highest BCUT2D eigenvalue weighted by molar-refractivity contribution is 8.05. The maximum absolute atomic E-state index is 5.56. The van der Waals surface area contributed by atoms with Gasteiger partial charge in [-0.15, -0.1) is 11.8 Å². The molecule has 0 atom stereocenters.